The van der Waals surface area contributed by atoms with E-state index in [2.05, 4.69) is 13.5 Å². The van der Waals surface area contributed by atoms with Crippen LogP contribution in [0.15, 0.2) is 23.8 Å². The summed E-state index contributed by atoms with van der Waals surface area (Å²) in [5.74, 6) is 0.288. The van der Waals surface area contributed by atoms with Gasteiger partial charge < -0.3 is 0 Å². The number of hydrogen-bond donors (Lipinski definition) is 0. The second kappa shape index (κ2) is 2.83. The third-order valence-corrected chi connectivity index (χ3v) is 3.47. The van der Waals surface area contributed by atoms with Crippen molar-refractivity contribution in [3.8, 4) is 0 Å². The zero-order valence-corrected chi connectivity index (χ0v) is 8.23. The summed E-state index contributed by atoms with van der Waals surface area (Å²) in [6.45, 7) is 6.33. The standard InChI is InChI=1S/C12H16O/c1-9-4-3-6-12(2)7-5-10(13)8-11(9)12/h8H,1,3-7H2,2H3. The molecule has 1 unspecified atom stereocenters. The SMILES string of the molecule is C=C1CCCC2(C)CCC(=O)C=C12. The maximum absolute atomic E-state index is 11.3. The Balaban J connectivity index is 2.40. The van der Waals surface area contributed by atoms with Crippen molar-refractivity contribution in [2.45, 2.75) is 39.0 Å². The second-order valence-corrected chi connectivity index (χ2v) is 4.54. The maximum atomic E-state index is 11.3. The van der Waals surface area contributed by atoms with Crippen LogP contribution >= 0.6 is 0 Å². The van der Waals surface area contributed by atoms with Crippen LogP contribution in [0.2, 0.25) is 0 Å². The fourth-order valence-electron chi connectivity index (χ4n) is 2.56. The van der Waals surface area contributed by atoms with Gasteiger partial charge in [-0.05, 0) is 42.7 Å². The van der Waals surface area contributed by atoms with E-state index in [-0.39, 0.29) is 11.2 Å². The molecule has 0 bridgehead atoms. The lowest BCUT2D eigenvalue weighted by atomic mass is 9.64. The van der Waals surface area contributed by atoms with Gasteiger partial charge in [-0.1, -0.05) is 19.1 Å². The highest BCUT2D eigenvalue weighted by atomic mass is 16.1. The third kappa shape index (κ3) is 1.37. The van der Waals surface area contributed by atoms with Crippen molar-refractivity contribution in [1.29, 1.82) is 0 Å². The molecule has 1 fully saturated rings. The first kappa shape index (κ1) is 8.74. The summed E-state index contributed by atoms with van der Waals surface area (Å²) < 4.78 is 0. The molecule has 0 aromatic heterocycles. The van der Waals surface area contributed by atoms with E-state index in [0.29, 0.717) is 0 Å². The normalized spacial score (nSPS) is 34.1. The first-order valence-electron chi connectivity index (χ1n) is 5.05. The smallest absolute Gasteiger partial charge is 0.156 e. The second-order valence-electron chi connectivity index (χ2n) is 4.54. The minimum absolute atomic E-state index is 0.267. The Morgan fingerprint density at radius 1 is 1.38 bits per heavy atom. The van der Waals surface area contributed by atoms with Crippen LogP contribution in [0.1, 0.15) is 39.0 Å². The maximum Gasteiger partial charge on any atom is 0.156 e. The van der Waals surface area contributed by atoms with Gasteiger partial charge in [-0.3, -0.25) is 4.79 Å². The highest BCUT2D eigenvalue weighted by Crippen LogP contribution is 2.48. The van der Waals surface area contributed by atoms with Gasteiger partial charge in [0.1, 0.15) is 0 Å². The minimum Gasteiger partial charge on any atom is -0.295 e. The molecule has 0 aromatic carbocycles. The van der Waals surface area contributed by atoms with Gasteiger partial charge in [0.05, 0.1) is 0 Å². The number of rotatable bonds is 0. The fraction of sp³-hybridized carbons (Fsp3) is 0.583. The first-order valence-corrected chi connectivity index (χ1v) is 5.05. The number of fused-ring (bicyclic) bond motifs is 1. The molecule has 1 atom stereocenters. The molecule has 0 amide bonds. The molecule has 13 heavy (non-hydrogen) atoms. The summed E-state index contributed by atoms with van der Waals surface area (Å²) in [6, 6.07) is 0. The van der Waals surface area contributed by atoms with Gasteiger partial charge in [0, 0.05) is 6.42 Å². The van der Waals surface area contributed by atoms with Crippen LogP contribution in [0.4, 0.5) is 0 Å². The van der Waals surface area contributed by atoms with Crippen LogP contribution in [0.3, 0.4) is 0 Å². The van der Waals surface area contributed by atoms with E-state index in [9.17, 15) is 4.79 Å². The van der Waals surface area contributed by atoms with Gasteiger partial charge in [0.2, 0.25) is 0 Å². The Bertz CT molecular complexity index is 298. The van der Waals surface area contributed by atoms with Gasteiger partial charge in [0.25, 0.3) is 0 Å². The molecule has 0 aliphatic heterocycles. The molecular formula is C12H16O. The lowest BCUT2D eigenvalue weighted by molar-refractivity contribution is -0.115. The molecule has 2 aliphatic rings. The highest BCUT2D eigenvalue weighted by molar-refractivity contribution is 5.92. The van der Waals surface area contributed by atoms with Crippen molar-refractivity contribution >= 4 is 5.78 Å². The van der Waals surface area contributed by atoms with E-state index in [4.69, 9.17) is 0 Å². The Morgan fingerprint density at radius 3 is 2.92 bits per heavy atom. The Kier molecular flexibility index (Phi) is 1.90. The van der Waals surface area contributed by atoms with E-state index in [1.807, 2.05) is 6.08 Å². The number of carbonyl (C=O) groups excluding carboxylic acids is 1. The van der Waals surface area contributed by atoms with Crippen LogP contribution in [-0.2, 0) is 4.79 Å². The Morgan fingerprint density at radius 2 is 2.15 bits per heavy atom. The van der Waals surface area contributed by atoms with E-state index in [1.54, 1.807) is 0 Å². The largest absolute Gasteiger partial charge is 0.295 e. The molecule has 2 aliphatic carbocycles. The van der Waals surface area contributed by atoms with Gasteiger partial charge in [-0.15, -0.1) is 0 Å². The monoisotopic (exact) mass is 176 g/mol. The van der Waals surface area contributed by atoms with Crippen LogP contribution in [0, 0.1) is 5.41 Å². The van der Waals surface area contributed by atoms with Crippen LogP contribution in [-0.4, -0.2) is 5.78 Å². The molecule has 0 spiro atoms. The summed E-state index contributed by atoms with van der Waals surface area (Å²) in [4.78, 5) is 11.3. The van der Waals surface area contributed by atoms with Crippen LogP contribution < -0.4 is 0 Å². The lowest BCUT2D eigenvalue weighted by Gasteiger charge is -2.40. The van der Waals surface area contributed by atoms with Gasteiger partial charge in [-0.2, -0.15) is 0 Å². The zero-order chi connectivity index (χ0) is 9.47. The summed E-state index contributed by atoms with van der Waals surface area (Å²) in [7, 11) is 0. The van der Waals surface area contributed by atoms with E-state index in [1.165, 1.54) is 24.0 Å². The molecule has 1 heteroatoms. The molecule has 0 N–H and O–H groups in total. The average molecular weight is 176 g/mol. The van der Waals surface area contributed by atoms with Crippen molar-refractivity contribution in [3.05, 3.63) is 23.8 Å². The summed E-state index contributed by atoms with van der Waals surface area (Å²) in [5, 5.41) is 0. The molecular weight excluding hydrogens is 160 g/mol. The van der Waals surface area contributed by atoms with Crippen molar-refractivity contribution in [2.24, 2.45) is 5.41 Å². The molecule has 0 heterocycles. The van der Waals surface area contributed by atoms with Gasteiger partial charge >= 0.3 is 0 Å². The van der Waals surface area contributed by atoms with E-state index in [0.717, 1.165) is 19.3 Å². The molecule has 1 nitrogen and oxygen atoms in total. The van der Waals surface area contributed by atoms with Gasteiger partial charge in [0.15, 0.2) is 5.78 Å². The van der Waals surface area contributed by atoms with E-state index >= 15 is 0 Å². The predicted octanol–water partition coefficient (Wildman–Crippen LogP) is 3.02. The molecule has 1 saturated carbocycles. The summed E-state index contributed by atoms with van der Waals surface area (Å²) in [6.07, 6.45) is 7.13. The number of hydrogen-bond acceptors (Lipinski definition) is 1. The topological polar surface area (TPSA) is 17.1 Å². The summed E-state index contributed by atoms with van der Waals surface area (Å²) >= 11 is 0. The first-order chi connectivity index (χ1) is 6.12. The van der Waals surface area contributed by atoms with E-state index < -0.39 is 0 Å². The number of ketones is 1. The molecule has 0 saturated heterocycles. The van der Waals surface area contributed by atoms with Crippen molar-refractivity contribution in [2.75, 3.05) is 0 Å². The molecule has 0 radical (unpaired) electrons. The lowest BCUT2D eigenvalue weighted by Crippen LogP contribution is -2.29. The van der Waals surface area contributed by atoms with Crippen LogP contribution in [0.5, 0.6) is 0 Å². The molecule has 70 valence electrons. The quantitative estimate of drug-likeness (QED) is 0.554. The minimum atomic E-state index is 0.267. The predicted molar refractivity (Wildman–Crippen MR) is 53.4 cm³/mol. The third-order valence-electron chi connectivity index (χ3n) is 3.47. The van der Waals surface area contributed by atoms with Crippen molar-refractivity contribution in [3.63, 3.8) is 0 Å². The Labute approximate surface area is 79.5 Å². The van der Waals surface area contributed by atoms with Crippen LogP contribution in [0.25, 0.3) is 0 Å². The average Bonchev–Trinajstić information content (AvgIpc) is 2.08. The zero-order valence-electron chi connectivity index (χ0n) is 8.23. The number of carbonyl (C=O) groups is 1. The molecule has 0 aromatic rings. The van der Waals surface area contributed by atoms with Crippen molar-refractivity contribution < 1.29 is 4.79 Å². The number of allylic oxidation sites excluding steroid dienone is 3. The summed E-state index contributed by atoms with van der Waals surface area (Å²) in [5.41, 5.74) is 2.71. The highest BCUT2D eigenvalue weighted by Gasteiger charge is 2.36. The Hall–Kier alpha value is -0.850. The molecule has 2 rings (SSSR count). The fourth-order valence-corrected chi connectivity index (χ4v) is 2.56. The van der Waals surface area contributed by atoms with Crippen molar-refractivity contribution in [1.82, 2.24) is 0 Å². The van der Waals surface area contributed by atoms with Gasteiger partial charge in [-0.25, -0.2) is 0 Å².